The molecule has 3 aromatic rings. The second kappa shape index (κ2) is 11.3. The minimum atomic E-state index is -0.489. The first-order valence-electron chi connectivity index (χ1n) is 12.9. The molecule has 1 aromatic heterocycles. The molecule has 0 saturated carbocycles. The highest BCUT2D eigenvalue weighted by Gasteiger charge is 2.26. The predicted molar refractivity (Wildman–Crippen MR) is 149 cm³/mol. The van der Waals surface area contributed by atoms with Crippen LogP contribution in [0.4, 0.5) is 20.6 Å². The van der Waals surface area contributed by atoms with E-state index in [1.807, 2.05) is 26.8 Å². The highest BCUT2D eigenvalue weighted by atomic mass is 19.1. The number of benzene rings is 2. The predicted octanol–water partition coefficient (Wildman–Crippen LogP) is 5.46. The van der Waals surface area contributed by atoms with Gasteiger partial charge in [-0.1, -0.05) is 12.1 Å². The van der Waals surface area contributed by atoms with Gasteiger partial charge in [0.15, 0.2) is 0 Å². The number of halogens is 1. The topological polar surface area (TPSA) is 60.9 Å². The molecule has 0 unspecified atom stereocenters. The second-order valence-corrected chi connectivity index (χ2v) is 10.8. The third-order valence-electron chi connectivity index (χ3n) is 6.33. The number of hydrogen-bond donors (Lipinski definition) is 1. The number of rotatable bonds is 7. The van der Waals surface area contributed by atoms with Gasteiger partial charge >= 0.3 is 6.09 Å². The molecule has 0 atom stereocenters. The Labute approximate surface area is 219 Å². The van der Waals surface area contributed by atoms with Crippen LogP contribution >= 0.6 is 0 Å². The van der Waals surface area contributed by atoms with Crippen molar-refractivity contribution in [2.45, 2.75) is 32.8 Å². The number of amides is 1. The molecule has 0 radical (unpaired) electrons. The average molecular weight is 508 g/mol. The van der Waals surface area contributed by atoms with E-state index in [2.05, 4.69) is 53.5 Å². The van der Waals surface area contributed by atoms with Crippen LogP contribution in [-0.2, 0) is 4.74 Å². The lowest BCUT2D eigenvalue weighted by Crippen LogP contribution is -2.50. The number of carbonyl (C=O) groups excluding carboxylic acids is 1. The summed E-state index contributed by atoms with van der Waals surface area (Å²) in [4.78, 5) is 23.4. The third-order valence-corrected chi connectivity index (χ3v) is 6.33. The van der Waals surface area contributed by atoms with Crippen molar-refractivity contribution in [3.63, 3.8) is 0 Å². The van der Waals surface area contributed by atoms with Gasteiger partial charge in [0.25, 0.3) is 0 Å². The Balaban J connectivity index is 1.47. The maximum atomic E-state index is 14.0. The van der Waals surface area contributed by atoms with Crippen LogP contribution in [0.1, 0.15) is 27.2 Å². The molecule has 0 bridgehead atoms. The summed E-state index contributed by atoms with van der Waals surface area (Å²) in [5.74, 6) is -0.269. The summed E-state index contributed by atoms with van der Waals surface area (Å²) in [6, 6.07) is 15.1. The lowest BCUT2D eigenvalue weighted by molar-refractivity contribution is 0.0240. The van der Waals surface area contributed by atoms with Crippen molar-refractivity contribution >= 4 is 28.4 Å². The summed E-state index contributed by atoms with van der Waals surface area (Å²) < 4.78 is 19.5. The van der Waals surface area contributed by atoms with E-state index < -0.39 is 5.60 Å². The van der Waals surface area contributed by atoms with Crippen LogP contribution in [0.2, 0.25) is 0 Å². The van der Waals surface area contributed by atoms with Gasteiger partial charge in [0, 0.05) is 55.0 Å². The summed E-state index contributed by atoms with van der Waals surface area (Å²) in [6.07, 6.45) is 0.730. The number of ether oxygens (including phenoxy) is 1. The Bertz CT molecular complexity index is 1220. The number of carbonyl (C=O) groups is 1. The van der Waals surface area contributed by atoms with E-state index in [4.69, 9.17) is 9.72 Å². The quantitative estimate of drug-likeness (QED) is 0.429. The maximum Gasteiger partial charge on any atom is 0.410 e. The largest absolute Gasteiger partial charge is 0.444 e. The van der Waals surface area contributed by atoms with E-state index in [1.165, 1.54) is 6.07 Å². The number of fused-ring (bicyclic) bond motifs is 1. The van der Waals surface area contributed by atoms with Crippen LogP contribution in [0, 0.1) is 5.82 Å². The number of piperazine rings is 1. The number of nitrogens with one attached hydrogen (secondary N) is 1. The molecule has 37 heavy (non-hydrogen) atoms. The van der Waals surface area contributed by atoms with Crippen LogP contribution < -0.4 is 10.2 Å². The van der Waals surface area contributed by atoms with Gasteiger partial charge in [-0.2, -0.15) is 0 Å². The molecule has 4 rings (SSSR count). The summed E-state index contributed by atoms with van der Waals surface area (Å²) in [7, 11) is 4.11. The smallest absolute Gasteiger partial charge is 0.410 e. The standard InChI is InChI=1S/C29H38FN5O2/c1-29(2,3)37-28(36)35-17-15-34(16-18-35)23-10-7-21(8-11-23)26-20-27(31-13-6-14-33(4)5)24-19-22(30)9-12-25(24)32-26/h7-12,19-20H,6,13-18H2,1-5H3,(H,31,32). The summed E-state index contributed by atoms with van der Waals surface area (Å²) >= 11 is 0. The van der Waals surface area contributed by atoms with E-state index in [9.17, 15) is 9.18 Å². The van der Waals surface area contributed by atoms with Crippen LogP contribution in [0.5, 0.6) is 0 Å². The van der Waals surface area contributed by atoms with Gasteiger partial charge in [-0.25, -0.2) is 14.2 Å². The molecule has 1 aliphatic rings. The Morgan fingerprint density at radius 2 is 1.76 bits per heavy atom. The third kappa shape index (κ3) is 7.10. The Hall–Kier alpha value is -3.39. The van der Waals surface area contributed by atoms with E-state index in [0.29, 0.717) is 13.1 Å². The fourth-order valence-electron chi connectivity index (χ4n) is 4.43. The molecule has 1 N–H and O–H groups in total. The number of pyridine rings is 1. The van der Waals surface area contributed by atoms with Gasteiger partial charge in [0.05, 0.1) is 11.2 Å². The molecule has 1 amide bonds. The zero-order valence-corrected chi connectivity index (χ0v) is 22.6. The summed E-state index contributed by atoms with van der Waals surface area (Å²) in [5.41, 5.74) is 4.11. The minimum absolute atomic E-state index is 0.254. The second-order valence-electron chi connectivity index (χ2n) is 10.8. The molecular formula is C29H38FN5O2. The zero-order chi connectivity index (χ0) is 26.6. The molecule has 2 aromatic carbocycles. The van der Waals surface area contributed by atoms with Crippen molar-refractivity contribution in [1.82, 2.24) is 14.8 Å². The Morgan fingerprint density at radius 1 is 1.05 bits per heavy atom. The van der Waals surface area contributed by atoms with Gasteiger partial charge in [-0.05, 0) is 84.2 Å². The van der Waals surface area contributed by atoms with E-state index in [-0.39, 0.29) is 11.9 Å². The highest BCUT2D eigenvalue weighted by molar-refractivity contribution is 5.94. The number of nitrogens with zero attached hydrogens (tertiary/aromatic N) is 4. The molecular weight excluding hydrogens is 469 g/mol. The lowest BCUT2D eigenvalue weighted by atomic mass is 10.1. The van der Waals surface area contributed by atoms with Gasteiger partial charge in [0.1, 0.15) is 11.4 Å². The van der Waals surface area contributed by atoms with E-state index in [0.717, 1.165) is 66.1 Å². The summed E-state index contributed by atoms with van der Waals surface area (Å²) in [6.45, 7) is 10.2. The maximum absolute atomic E-state index is 14.0. The molecule has 2 heterocycles. The van der Waals surface area contributed by atoms with Crippen molar-refractivity contribution < 1.29 is 13.9 Å². The van der Waals surface area contributed by atoms with Crippen LogP contribution in [-0.4, -0.2) is 79.8 Å². The van der Waals surface area contributed by atoms with Gasteiger partial charge in [-0.3, -0.25) is 0 Å². The van der Waals surface area contributed by atoms with Gasteiger partial charge in [0.2, 0.25) is 0 Å². The minimum Gasteiger partial charge on any atom is -0.444 e. The molecule has 1 fully saturated rings. The molecule has 0 spiro atoms. The van der Waals surface area contributed by atoms with Crippen LogP contribution in [0.25, 0.3) is 22.2 Å². The molecule has 0 aliphatic carbocycles. The molecule has 8 heteroatoms. The summed E-state index contributed by atoms with van der Waals surface area (Å²) in [5, 5.41) is 4.27. The molecule has 198 valence electrons. The number of aromatic nitrogens is 1. The Kier molecular flexibility index (Phi) is 8.17. The van der Waals surface area contributed by atoms with Crippen molar-refractivity contribution in [3.8, 4) is 11.3 Å². The van der Waals surface area contributed by atoms with Crippen LogP contribution in [0.3, 0.4) is 0 Å². The zero-order valence-electron chi connectivity index (χ0n) is 22.6. The molecule has 1 aliphatic heterocycles. The van der Waals surface area contributed by atoms with E-state index >= 15 is 0 Å². The monoisotopic (exact) mass is 507 g/mol. The van der Waals surface area contributed by atoms with Crippen molar-refractivity contribution in [2.24, 2.45) is 0 Å². The molecule has 1 saturated heterocycles. The SMILES string of the molecule is CN(C)CCCNc1cc(-c2ccc(N3CCN(C(=O)OC(C)(C)C)CC3)cc2)nc2ccc(F)cc12. The first-order chi connectivity index (χ1) is 17.6. The van der Waals surface area contributed by atoms with Crippen molar-refractivity contribution in [3.05, 3.63) is 54.3 Å². The lowest BCUT2D eigenvalue weighted by Gasteiger charge is -2.36. The van der Waals surface area contributed by atoms with Crippen LogP contribution in [0.15, 0.2) is 48.5 Å². The number of anilines is 2. The number of hydrogen-bond acceptors (Lipinski definition) is 6. The Morgan fingerprint density at radius 3 is 2.41 bits per heavy atom. The van der Waals surface area contributed by atoms with Crippen molar-refractivity contribution in [2.75, 3.05) is 63.6 Å². The molecule has 7 nitrogen and oxygen atoms in total. The fraction of sp³-hybridized carbons (Fsp3) is 0.448. The first kappa shape index (κ1) is 26.7. The van der Waals surface area contributed by atoms with E-state index in [1.54, 1.807) is 17.0 Å². The first-order valence-corrected chi connectivity index (χ1v) is 12.9. The normalized spacial score (nSPS) is 14.4. The fourth-order valence-corrected chi connectivity index (χ4v) is 4.43. The highest BCUT2D eigenvalue weighted by Crippen LogP contribution is 2.30. The average Bonchev–Trinajstić information content (AvgIpc) is 2.85. The van der Waals surface area contributed by atoms with Gasteiger partial charge in [-0.15, -0.1) is 0 Å². The van der Waals surface area contributed by atoms with Gasteiger partial charge < -0.3 is 24.8 Å². The van der Waals surface area contributed by atoms with Crippen molar-refractivity contribution in [1.29, 1.82) is 0 Å².